The van der Waals surface area contributed by atoms with E-state index in [4.69, 9.17) is 0 Å². The molecule has 100 valence electrons. The summed E-state index contributed by atoms with van der Waals surface area (Å²) in [5, 5.41) is 3.62. The van der Waals surface area contributed by atoms with Crippen molar-refractivity contribution in [1.29, 1.82) is 0 Å². The molecule has 19 heavy (non-hydrogen) atoms. The molecule has 2 aromatic rings. The van der Waals surface area contributed by atoms with E-state index in [-0.39, 0.29) is 0 Å². The van der Waals surface area contributed by atoms with E-state index in [9.17, 15) is 0 Å². The maximum absolute atomic E-state index is 4.07. The quantitative estimate of drug-likeness (QED) is 0.866. The number of nitrogens with zero attached hydrogens (tertiary/aromatic N) is 1. The first-order chi connectivity index (χ1) is 9.29. The predicted octanol–water partition coefficient (Wildman–Crippen LogP) is 4.13. The molecule has 2 rings (SSSR count). The number of benzene rings is 1. The molecule has 0 amide bonds. The van der Waals surface area contributed by atoms with Crippen molar-refractivity contribution in [3.8, 4) is 0 Å². The zero-order chi connectivity index (χ0) is 13.5. The number of aromatic nitrogens is 1. The third-order valence-electron chi connectivity index (χ3n) is 3.10. The maximum Gasteiger partial charge on any atom is 0.0360 e. The molecule has 3 heteroatoms. The Morgan fingerprint density at radius 2 is 1.79 bits per heavy atom. The van der Waals surface area contributed by atoms with E-state index in [2.05, 4.69) is 69.6 Å². The van der Waals surface area contributed by atoms with Gasteiger partial charge in [0.15, 0.2) is 0 Å². The van der Waals surface area contributed by atoms with E-state index < -0.39 is 0 Å². The molecule has 0 aliphatic heterocycles. The second kappa shape index (κ2) is 7.41. The highest BCUT2D eigenvalue weighted by molar-refractivity contribution is 9.10. The summed E-state index contributed by atoms with van der Waals surface area (Å²) in [6.45, 7) is 3.23. The Bertz CT molecular complexity index is 482. The topological polar surface area (TPSA) is 24.9 Å². The fourth-order valence-corrected chi connectivity index (χ4v) is 2.34. The molecule has 0 bridgehead atoms. The van der Waals surface area contributed by atoms with Gasteiger partial charge in [-0.25, -0.2) is 0 Å². The van der Waals surface area contributed by atoms with Crippen molar-refractivity contribution in [3.63, 3.8) is 0 Å². The highest BCUT2D eigenvalue weighted by Gasteiger charge is 2.11. The number of hydrogen-bond acceptors (Lipinski definition) is 2. The monoisotopic (exact) mass is 318 g/mol. The van der Waals surface area contributed by atoms with Crippen LogP contribution in [0.3, 0.4) is 0 Å². The number of nitrogens with one attached hydrogen (secondary N) is 1. The molecule has 1 aromatic heterocycles. The minimum Gasteiger partial charge on any atom is -0.310 e. The van der Waals surface area contributed by atoms with Crippen LogP contribution in [0.2, 0.25) is 0 Å². The third-order valence-corrected chi connectivity index (χ3v) is 3.63. The summed E-state index contributed by atoms with van der Waals surface area (Å²) >= 11 is 3.49. The van der Waals surface area contributed by atoms with E-state index in [1.165, 1.54) is 11.1 Å². The lowest BCUT2D eigenvalue weighted by Gasteiger charge is -2.19. The summed E-state index contributed by atoms with van der Waals surface area (Å²) in [5.41, 5.74) is 2.64. The van der Waals surface area contributed by atoms with Gasteiger partial charge in [-0.2, -0.15) is 0 Å². The molecule has 0 spiro atoms. The second-order valence-corrected chi connectivity index (χ2v) is 5.53. The molecule has 0 aliphatic carbocycles. The van der Waals surface area contributed by atoms with Crippen molar-refractivity contribution in [2.24, 2.45) is 0 Å². The van der Waals surface area contributed by atoms with E-state index in [0.717, 1.165) is 23.9 Å². The molecular formula is C16H19BrN2. The lowest BCUT2D eigenvalue weighted by atomic mass is 9.99. The molecule has 0 saturated carbocycles. The third kappa shape index (κ3) is 4.44. The standard InChI is InChI=1S/C16H19BrN2/c1-2-9-19-16(12-13-7-10-18-11-8-13)14-3-5-15(17)6-4-14/h3-8,10-11,16,19H,2,9,12H2,1H3. The summed E-state index contributed by atoms with van der Waals surface area (Å²) in [4.78, 5) is 4.07. The van der Waals surface area contributed by atoms with Crippen molar-refractivity contribution in [2.45, 2.75) is 25.8 Å². The first kappa shape index (κ1) is 14.2. The minimum absolute atomic E-state index is 0.357. The van der Waals surface area contributed by atoms with Gasteiger partial charge < -0.3 is 5.32 Å². The zero-order valence-electron chi connectivity index (χ0n) is 11.1. The SMILES string of the molecule is CCCNC(Cc1ccncc1)c1ccc(Br)cc1. The number of hydrogen-bond donors (Lipinski definition) is 1. The van der Waals surface area contributed by atoms with Gasteiger partial charge in [0, 0.05) is 22.9 Å². The Morgan fingerprint density at radius 1 is 1.11 bits per heavy atom. The molecular weight excluding hydrogens is 300 g/mol. The van der Waals surface area contributed by atoms with Crippen LogP contribution in [0.4, 0.5) is 0 Å². The van der Waals surface area contributed by atoms with Crippen molar-refractivity contribution in [1.82, 2.24) is 10.3 Å². The summed E-state index contributed by atoms with van der Waals surface area (Å²) in [7, 11) is 0. The van der Waals surface area contributed by atoms with Crippen LogP contribution in [0.5, 0.6) is 0 Å². The summed E-state index contributed by atoms with van der Waals surface area (Å²) in [6.07, 6.45) is 5.84. The predicted molar refractivity (Wildman–Crippen MR) is 83.1 cm³/mol. The van der Waals surface area contributed by atoms with Gasteiger partial charge in [0.1, 0.15) is 0 Å². The highest BCUT2D eigenvalue weighted by atomic mass is 79.9. The highest BCUT2D eigenvalue weighted by Crippen LogP contribution is 2.20. The maximum atomic E-state index is 4.07. The molecule has 0 radical (unpaired) electrons. The van der Waals surface area contributed by atoms with Crippen LogP contribution in [0.15, 0.2) is 53.3 Å². The molecule has 1 unspecified atom stereocenters. The van der Waals surface area contributed by atoms with Gasteiger partial charge in [0.25, 0.3) is 0 Å². The van der Waals surface area contributed by atoms with Crippen LogP contribution < -0.4 is 5.32 Å². The molecule has 0 fully saturated rings. The smallest absolute Gasteiger partial charge is 0.0360 e. The van der Waals surface area contributed by atoms with Gasteiger partial charge in [-0.15, -0.1) is 0 Å². The Morgan fingerprint density at radius 3 is 2.42 bits per heavy atom. The minimum atomic E-state index is 0.357. The Kier molecular flexibility index (Phi) is 5.55. The van der Waals surface area contributed by atoms with Crippen LogP contribution in [0, 0.1) is 0 Å². The summed E-state index contributed by atoms with van der Waals surface area (Å²) in [6, 6.07) is 13.1. The molecule has 1 N–H and O–H groups in total. The lowest BCUT2D eigenvalue weighted by molar-refractivity contribution is 0.529. The molecule has 1 heterocycles. The molecule has 2 nitrogen and oxygen atoms in total. The van der Waals surface area contributed by atoms with E-state index >= 15 is 0 Å². The van der Waals surface area contributed by atoms with E-state index in [0.29, 0.717) is 6.04 Å². The van der Waals surface area contributed by atoms with Gasteiger partial charge in [-0.05, 0) is 54.8 Å². The van der Waals surface area contributed by atoms with Crippen molar-refractivity contribution in [2.75, 3.05) is 6.54 Å². The molecule has 0 saturated heterocycles. The summed E-state index contributed by atoms with van der Waals surface area (Å²) in [5.74, 6) is 0. The Balaban J connectivity index is 2.13. The van der Waals surface area contributed by atoms with Crippen LogP contribution in [0.1, 0.15) is 30.5 Å². The first-order valence-corrected chi connectivity index (χ1v) is 7.46. The van der Waals surface area contributed by atoms with Crippen molar-refractivity contribution >= 4 is 15.9 Å². The lowest BCUT2D eigenvalue weighted by Crippen LogP contribution is -2.24. The van der Waals surface area contributed by atoms with Crippen LogP contribution in [-0.2, 0) is 6.42 Å². The summed E-state index contributed by atoms with van der Waals surface area (Å²) < 4.78 is 1.12. The van der Waals surface area contributed by atoms with E-state index in [1.54, 1.807) is 0 Å². The van der Waals surface area contributed by atoms with E-state index in [1.807, 2.05) is 12.4 Å². The van der Waals surface area contributed by atoms with Gasteiger partial charge in [0.2, 0.25) is 0 Å². The average molecular weight is 319 g/mol. The second-order valence-electron chi connectivity index (χ2n) is 4.62. The number of halogens is 1. The van der Waals surface area contributed by atoms with Gasteiger partial charge in [0.05, 0.1) is 0 Å². The molecule has 1 atom stereocenters. The first-order valence-electron chi connectivity index (χ1n) is 6.67. The van der Waals surface area contributed by atoms with Crippen molar-refractivity contribution in [3.05, 3.63) is 64.4 Å². The van der Waals surface area contributed by atoms with Crippen molar-refractivity contribution < 1.29 is 0 Å². The largest absolute Gasteiger partial charge is 0.310 e. The zero-order valence-corrected chi connectivity index (χ0v) is 12.7. The fraction of sp³-hybridized carbons (Fsp3) is 0.312. The van der Waals surface area contributed by atoms with Gasteiger partial charge in [-0.3, -0.25) is 4.98 Å². The molecule has 0 aliphatic rings. The van der Waals surface area contributed by atoms with Crippen LogP contribution in [0.25, 0.3) is 0 Å². The van der Waals surface area contributed by atoms with Gasteiger partial charge in [-0.1, -0.05) is 35.0 Å². The fourth-order valence-electron chi connectivity index (χ4n) is 2.08. The Hall–Kier alpha value is -1.19. The van der Waals surface area contributed by atoms with Gasteiger partial charge >= 0.3 is 0 Å². The van der Waals surface area contributed by atoms with Crippen LogP contribution in [-0.4, -0.2) is 11.5 Å². The van der Waals surface area contributed by atoms with Crippen LogP contribution >= 0.6 is 15.9 Å². The number of pyridine rings is 1. The molecule has 1 aromatic carbocycles. The normalized spacial score (nSPS) is 12.3. The number of rotatable bonds is 6. The Labute approximate surface area is 123 Å². The average Bonchev–Trinajstić information content (AvgIpc) is 2.45.